The fourth-order valence-electron chi connectivity index (χ4n) is 4.98. The van der Waals surface area contributed by atoms with E-state index in [-0.39, 0.29) is 42.9 Å². The van der Waals surface area contributed by atoms with E-state index in [0.29, 0.717) is 28.2 Å². The van der Waals surface area contributed by atoms with Crippen LogP contribution in [0.2, 0.25) is 0 Å². The highest BCUT2D eigenvalue weighted by atomic mass is 32.1. The Morgan fingerprint density at radius 3 is 2.54 bits per heavy atom. The van der Waals surface area contributed by atoms with Gasteiger partial charge in [-0.2, -0.15) is 0 Å². The fourth-order valence-corrected chi connectivity index (χ4v) is 5.74. The normalized spacial score (nSPS) is 17.9. The molecule has 4 aromatic rings. The van der Waals surface area contributed by atoms with Gasteiger partial charge in [0.15, 0.2) is 11.5 Å². The third kappa shape index (κ3) is 5.49. The summed E-state index contributed by atoms with van der Waals surface area (Å²) in [4.78, 5) is 28.4. The van der Waals surface area contributed by atoms with Gasteiger partial charge in [-0.15, -0.1) is 10.2 Å². The van der Waals surface area contributed by atoms with Gasteiger partial charge in [0.05, 0.1) is 6.04 Å². The first-order valence-electron chi connectivity index (χ1n) is 13.0. The summed E-state index contributed by atoms with van der Waals surface area (Å²) >= 11 is 1.29. The van der Waals surface area contributed by atoms with Gasteiger partial charge < -0.3 is 19.7 Å². The Morgan fingerprint density at radius 2 is 1.74 bits per heavy atom. The van der Waals surface area contributed by atoms with Crippen LogP contribution in [0.1, 0.15) is 42.9 Å². The van der Waals surface area contributed by atoms with Gasteiger partial charge in [0, 0.05) is 24.4 Å². The van der Waals surface area contributed by atoms with E-state index in [9.17, 15) is 9.59 Å². The van der Waals surface area contributed by atoms with Crippen LogP contribution < -0.4 is 14.8 Å². The summed E-state index contributed by atoms with van der Waals surface area (Å²) in [5.41, 5.74) is 3.07. The molecule has 2 aliphatic rings. The van der Waals surface area contributed by atoms with Crippen molar-refractivity contribution in [1.82, 2.24) is 15.1 Å². The maximum atomic E-state index is 13.7. The van der Waals surface area contributed by atoms with Gasteiger partial charge in [-0.3, -0.25) is 9.59 Å². The van der Waals surface area contributed by atoms with Crippen LogP contribution in [-0.2, 0) is 9.59 Å². The Morgan fingerprint density at radius 1 is 1.00 bits per heavy atom. The molecule has 0 spiro atoms. The molecular formula is C30H28N4O4S. The van der Waals surface area contributed by atoms with Gasteiger partial charge in [-0.25, -0.2) is 0 Å². The Bertz CT molecular complexity index is 1480. The number of nitrogens with one attached hydrogen (secondary N) is 1. The van der Waals surface area contributed by atoms with Gasteiger partial charge >= 0.3 is 0 Å². The predicted octanol–water partition coefficient (Wildman–Crippen LogP) is 5.66. The van der Waals surface area contributed by atoms with Gasteiger partial charge in [0.2, 0.25) is 23.7 Å². The summed E-state index contributed by atoms with van der Waals surface area (Å²) < 4.78 is 10.8. The molecular weight excluding hydrogens is 512 g/mol. The number of ether oxygens (including phenoxy) is 2. The summed E-state index contributed by atoms with van der Waals surface area (Å²) in [5, 5.41) is 12.3. The topological polar surface area (TPSA) is 93.7 Å². The highest BCUT2D eigenvalue weighted by Gasteiger charge is 2.46. The molecule has 0 saturated heterocycles. The van der Waals surface area contributed by atoms with Crippen LogP contribution in [0.25, 0.3) is 10.6 Å². The van der Waals surface area contributed by atoms with E-state index in [1.807, 2.05) is 78.6 Å². The molecule has 1 saturated carbocycles. The standard InChI is InChI=1S/C30H28N4O4S/c1-19(20-8-4-2-5-9-20)34(29(36)24-17-23(24)21-10-6-3-7-11-21)15-14-27(35)31-30-33-32-28(39-30)22-12-13-25-26(16-22)38-18-37-25/h2-13,16,19,23-24H,14-15,17-18H2,1H3,(H,31,33,35). The number of hydrogen-bond acceptors (Lipinski definition) is 7. The molecule has 3 atom stereocenters. The molecule has 3 unspecified atom stereocenters. The lowest BCUT2D eigenvalue weighted by atomic mass is 10.0. The minimum atomic E-state index is -0.211. The number of aromatic nitrogens is 2. The molecule has 1 aliphatic heterocycles. The van der Waals surface area contributed by atoms with Crippen molar-refractivity contribution in [2.45, 2.75) is 31.7 Å². The largest absolute Gasteiger partial charge is 0.454 e. The van der Waals surface area contributed by atoms with Gasteiger partial charge in [-0.1, -0.05) is 72.0 Å². The van der Waals surface area contributed by atoms with E-state index in [1.54, 1.807) is 0 Å². The van der Waals surface area contributed by atoms with Crippen molar-refractivity contribution in [3.63, 3.8) is 0 Å². The molecule has 0 radical (unpaired) electrons. The predicted molar refractivity (Wildman–Crippen MR) is 149 cm³/mol. The minimum Gasteiger partial charge on any atom is -0.454 e. The molecule has 2 amide bonds. The molecule has 1 aromatic heterocycles. The van der Waals surface area contributed by atoms with Crippen LogP contribution in [0, 0.1) is 5.92 Å². The van der Waals surface area contributed by atoms with Crippen molar-refractivity contribution < 1.29 is 19.1 Å². The molecule has 8 nitrogen and oxygen atoms in total. The van der Waals surface area contributed by atoms with E-state index in [1.165, 1.54) is 16.9 Å². The third-order valence-corrected chi connectivity index (χ3v) is 8.13. The second-order valence-electron chi connectivity index (χ2n) is 9.76. The molecule has 0 bridgehead atoms. The van der Waals surface area contributed by atoms with Crippen molar-refractivity contribution >= 4 is 28.3 Å². The van der Waals surface area contributed by atoms with Crippen LogP contribution in [-0.4, -0.2) is 40.2 Å². The lowest BCUT2D eigenvalue weighted by Gasteiger charge is -2.30. The number of fused-ring (bicyclic) bond motifs is 1. The molecule has 1 N–H and O–H groups in total. The van der Waals surface area contributed by atoms with Crippen molar-refractivity contribution in [2.75, 3.05) is 18.7 Å². The zero-order chi connectivity index (χ0) is 26.8. The van der Waals surface area contributed by atoms with E-state index >= 15 is 0 Å². The number of nitrogens with zero attached hydrogens (tertiary/aromatic N) is 3. The van der Waals surface area contributed by atoms with Gasteiger partial charge in [0.25, 0.3) is 0 Å². The fraction of sp³-hybridized carbons (Fsp3) is 0.267. The summed E-state index contributed by atoms with van der Waals surface area (Å²) in [6.45, 7) is 2.53. The average Bonchev–Trinajstić information content (AvgIpc) is 3.40. The SMILES string of the molecule is CC(c1ccccc1)N(CCC(=O)Nc1nnc(-c2ccc3c(c2)OCO3)s1)C(=O)C1CC1c1ccccc1. The number of carbonyl (C=O) groups excluding carboxylic acids is 2. The summed E-state index contributed by atoms with van der Waals surface area (Å²) in [6.07, 6.45) is 0.991. The number of amides is 2. The van der Waals surface area contributed by atoms with Crippen molar-refractivity contribution in [3.05, 3.63) is 90.0 Å². The minimum absolute atomic E-state index is 0.0611. The molecule has 2 heterocycles. The van der Waals surface area contributed by atoms with E-state index in [4.69, 9.17) is 9.47 Å². The number of anilines is 1. The van der Waals surface area contributed by atoms with E-state index < -0.39 is 0 Å². The van der Waals surface area contributed by atoms with Crippen LogP contribution in [0.5, 0.6) is 11.5 Å². The molecule has 9 heteroatoms. The van der Waals surface area contributed by atoms with Crippen LogP contribution in [0.15, 0.2) is 78.9 Å². The number of hydrogen-bond donors (Lipinski definition) is 1. The smallest absolute Gasteiger partial charge is 0.231 e. The van der Waals surface area contributed by atoms with Gasteiger partial charge in [0.1, 0.15) is 5.01 Å². The zero-order valence-electron chi connectivity index (χ0n) is 21.4. The molecule has 1 fully saturated rings. The number of benzene rings is 3. The van der Waals surface area contributed by atoms with Crippen molar-refractivity contribution in [2.24, 2.45) is 5.92 Å². The Balaban J connectivity index is 1.11. The summed E-state index contributed by atoms with van der Waals surface area (Å²) in [7, 11) is 0. The van der Waals surface area contributed by atoms with Crippen LogP contribution in [0.3, 0.4) is 0 Å². The Hall–Kier alpha value is -4.24. The second kappa shape index (κ2) is 10.9. The Kier molecular flexibility index (Phi) is 6.98. The molecule has 39 heavy (non-hydrogen) atoms. The van der Waals surface area contributed by atoms with Crippen molar-refractivity contribution in [3.8, 4) is 22.1 Å². The monoisotopic (exact) mass is 540 g/mol. The quantitative estimate of drug-likeness (QED) is 0.295. The van der Waals surface area contributed by atoms with E-state index in [2.05, 4.69) is 27.6 Å². The molecule has 6 rings (SSSR count). The lowest BCUT2D eigenvalue weighted by molar-refractivity contribution is -0.135. The van der Waals surface area contributed by atoms with Crippen LogP contribution >= 0.6 is 11.3 Å². The maximum absolute atomic E-state index is 13.7. The third-order valence-electron chi connectivity index (χ3n) is 7.24. The average molecular weight is 541 g/mol. The first-order valence-corrected chi connectivity index (χ1v) is 13.8. The summed E-state index contributed by atoms with van der Waals surface area (Å²) in [6, 6.07) is 25.5. The Labute approximate surface area is 230 Å². The maximum Gasteiger partial charge on any atom is 0.231 e. The van der Waals surface area contributed by atoms with Gasteiger partial charge in [-0.05, 0) is 48.6 Å². The number of carbonyl (C=O) groups is 2. The molecule has 3 aromatic carbocycles. The molecule has 198 valence electrons. The molecule has 1 aliphatic carbocycles. The summed E-state index contributed by atoms with van der Waals surface area (Å²) in [5.74, 6) is 1.41. The lowest BCUT2D eigenvalue weighted by Crippen LogP contribution is -2.37. The highest BCUT2D eigenvalue weighted by Crippen LogP contribution is 2.49. The number of rotatable bonds is 9. The van der Waals surface area contributed by atoms with Crippen LogP contribution in [0.4, 0.5) is 5.13 Å². The zero-order valence-corrected chi connectivity index (χ0v) is 22.3. The first-order chi connectivity index (χ1) is 19.1. The van der Waals surface area contributed by atoms with E-state index in [0.717, 1.165) is 17.5 Å². The first kappa shape index (κ1) is 25.1. The highest BCUT2D eigenvalue weighted by molar-refractivity contribution is 7.18. The van der Waals surface area contributed by atoms with Crippen molar-refractivity contribution in [1.29, 1.82) is 0 Å². The second-order valence-corrected chi connectivity index (χ2v) is 10.7.